The topological polar surface area (TPSA) is 81.9 Å². The second-order valence-electron chi connectivity index (χ2n) is 5.19. The first-order valence-corrected chi connectivity index (χ1v) is 8.65. The molecule has 1 unspecified atom stereocenters. The van der Waals surface area contributed by atoms with Crippen LogP contribution in [0.3, 0.4) is 0 Å². The summed E-state index contributed by atoms with van der Waals surface area (Å²) < 4.78 is 37.7. The molecule has 1 fully saturated rings. The highest BCUT2D eigenvalue weighted by atomic mass is 35.5. The van der Waals surface area contributed by atoms with E-state index < -0.39 is 10.0 Å². The summed E-state index contributed by atoms with van der Waals surface area (Å²) in [5.41, 5.74) is 5.87. The Balaban J connectivity index is 0.00000176. The lowest BCUT2D eigenvalue weighted by molar-refractivity contribution is 0.171. The van der Waals surface area contributed by atoms with Gasteiger partial charge < -0.3 is 15.2 Å². The molecular weight excluding hydrogens is 351 g/mol. The van der Waals surface area contributed by atoms with Crippen LogP contribution >= 0.6 is 24.0 Å². The molecule has 0 saturated carbocycles. The minimum absolute atomic E-state index is 0. The number of hydrogen-bond donors (Lipinski definition) is 1. The Morgan fingerprint density at radius 2 is 1.86 bits per heavy atom. The van der Waals surface area contributed by atoms with Gasteiger partial charge >= 0.3 is 0 Å². The van der Waals surface area contributed by atoms with Crippen LogP contribution in [0.2, 0.25) is 5.02 Å². The van der Waals surface area contributed by atoms with Gasteiger partial charge in [-0.25, -0.2) is 8.42 Å². The quantitative estimate of drug-likeness (QED) is 0.857. The largest absolute Gasteiger partial charge is 0.486 e. The van der Waals surface area contributed by atoms with Crippen LogP contribution in [0.4, 0.5) is 0 Å². The summed E-state index contributed by atoms with van der Waals surface area (Å²) in [7, 11) is -3.67. The molecule has 6 nitrogen and oxygen atoms in total. The van der Waals surface area contributed by atoms with Crippen LogP contribution in [0, 0.1) is 0 Å². The van der Waals surface area contributed by atoms with Crippen molar-refractivity contribution in [1.29, 1.82) is 0 Å². The van der Waals surface area contributed by atoms with E-state index in [-0.39, 0.29) is 28.4 Å². The van der Waals surface area contributed by atoms with Crippen molar-refractivity contribution < 1.29 is 17.9 Å². The molecule has 2 aliphatic rings. The smallest absolute Gasteiger partial charge is 0.244 e. The fourth-order valence-electron chi connectivity index (χ4n) is 2.57. The van der Waals surface area contributed by atoms with Crippen molar-refractivity contribution in [2.45, 2.75) is 23.8 Å². The van der Waals surface area contributed by atoms with E-state index in [9.17, 15) is 8.42 Å². The molecule has 3 rings (SSSR count). The van der Waals surface area contributed by atoms with E-state index in [0.29, 0.717) is 37.8 Å². The van der Waals surface area contributed by atoms with Crippen molar-refractivity contribution in [3.63, 3.8) is 0 Å². The van der Waals surface area contributed by atoms with Gasteiger partial charge in [0.05, 0.1) is 5.02 Å². The average Bonchev–Trinajstić information content (AvgIpc) is 2.46. The fraction of sp³-hybridized carbons (Fsp3) is 0.538. The zero-order valence-corrected chi connectivity index (χ0v) is 14.2. The fourth-order valence-corrected chi connectivity index (χ4v) is 4.62. The second-order valence-corrected chi connectivity index (χ2v) is 7.51. The molecule has 0 bridgehead atoms. The normalized spacial score (nSPS) is 22.0. The summed E-state index contributed by atoms with van der Waals surface area (Å²) in [6.45, 7) is 1.59. The van der Waals surface area contributed by atoms with Crippen molar-refractivity contribution in [3.8, 4) is 11.5 Å². The van der Waals surface area contributed by atoms with E-state index >= 15 is 0 Å². The van der Waals surface area contributed by atoms with Gasteiger partial charge in [0.2, 0.25) is 10.0 Å². The third-order valence-corrected chi connectivity index (χ3v) is 5.96. The number of sulfonamides is 1. The Hall–Kier alpha value is -0.730. The molecular formula is C13H18Cl2N2O4S. The lowest BCUT2D eigenvalue weighted by Crippen LogP contribution is -2.45. The standard InChI is InChI=1S/C13H17ClN2O4S.ClH/c14-10-6-11-12(20-5-4-19-11)7-13(10)21(17,18)16-3-1-2-9(15)8-16;/h6-7,9H,1-5,8,15H2;1H. The monoisotopic (exact) mass is 368 g/mol. The van der Waals surface area contributed by atoms with Gasteiger partial charge in [0.1, 0.15) is 18.1 Å². The van der Waals surface area contributed by atoms with Gasteiger partial charge in [0.15, 0.2) is 11.5 Å². The first kappa shape index (κ1) is 17.6. The van der Waals surface area contributed by atoms with E-state index in [1.807, 2.05) is 0 Å². The molecule has 1 atom stereocenters. The van der Waals surface area contributed by atoms with Gasteiger partial charge in [-0.1, -0.05) is 11.6 Å². The SMILES string of the molecule is Cl.NC1CCCN(S(=O)(=O)c2cc3c(cc2Cl)OCCO3)C1. The molecule has 2 N–H and O–H groups in total. The predicted octanol–water partition coefficient (Wildman–Crippen LogP) is 1.64. The van der Waals surface area contributed by atoms with Gasteiger partial charge in [-0.05, 0) is 12.8 Å². The summed E-state index contributed by atoms with van der Waals surface area (Å²) in [5.74, 6) is 0.881. The summed E-state index contributed by atoms with van der Waals surface area (Å²) in [6, 6.07) is 2.79. The number of piperidine rings is 1. The number of nitrogens with two attached hydrogens (primary N) is 1. The molecule has 2 aliphatic heterocycles. The van der Waals surface area contributed by atoms with Crippen LogP contribution in [-0.2, 0) is 10.0 Å². The number of nitrogens with zero attached hydrogens (tertiary/aromatic N) is 1. The first-order chi connectivity index (χ1) is 9.98. The van der Waals surface area contributed by atoms with Crippen LogP contribution in [0.25, 0.3) is 0 Å². The highest BCUT2D eigenvalue weighted by molar-refractivity contribution is 7.89. The van der Waals surface area contributed by atoms with Crippen LogP contribution in [0.5, 0.6) is 11.5 Å². The molecule has 9 heteroatoms. The maximum absolute atomic E-state index is 12.7. The molecule has 0 aliphatic carbocycles. The van der Waals surface area contributed by atoms with Crippen LogP contribution < -0.4 is 15.2 Å². The highest BCUT2D eigenvalue weighted by Crippen LogP contribution is 2.38. The van der Waals surface area contributed by atoms with Gasteiger partial charge in [-0.15, -0.1) is 12.4 Å². The second kappa shape index (κ2) is 6.80. The molecule has 1 aromatic carbocycles. The number of fused-ring (bicyclic) bond motifs is 1. The molecule has 1 aromatic rings. The van der Waals surface area contributed by atoms with Gasteiger partial charge in [-0.3, -0.25) is 0 Å². The van der Waals surface area contributed by atoms with Crippen molar-refractivity contribution in [2.75, 3.05) is 26.3 Å². The molecule has 0 spiro atoms. The molecule has 0 aromatic heterocycles. The number of halogens is 2. The zero-order chi connectivity index (χ0) is 15.0. The predicted molar refractivity (Wildman–Crippen MR) is 85.7 cm³/mol. The number of ether oxygens (including phenoxy) is 2. The summed E-state index contributed by atoms with van der Waals surface area (Å²) >= 11 is 6.13. The number of benzene rings is 1. The number of hydrogen-bond acceptors (Lipinski definition) is 5. The van der Waals surface area contributed by atoms with E-state index in [0.717, 1.165) is 12.8 Å². The van der Waals surface area contributed by atoms with Gasteiger partial charge in [-0.2, -0.15) is 4.31 Å². The Morgan fingerprint density at radius 1 is 1.23 bits per heavy atom. The van der Waals surface area contributed by atoms with E-state index in [1.165, 1.54) is 16.4 Å². The third-order valence-electron chi connectivity index (χ3n) is 3.64. The molecule has 0 amide bonds. The molecule has 124 valence electrons. The van der Waals surface area contributed by atoms with Crippen molar-refractivity contribution in [3.05, 3.63) is 17.2 Å². The Labute approximate surface area is 141 Å². The van der Waals surface area contributed by atoms with Gasteiger partial charge in [0.25, 0.3) is 0 Å². The maximum Gasteiger partial charge on any atom is 0.244 e. The van der Waals surface area contributed by atoms with Crippen molar-refractivity contribution in [2.24, 2.45) is 5.73 Å². The third kappa shape index (κ3) is 3.28. The Kier molecular flexibility index (Phi) is 5.45. The minimum Gasteiger partial charge on any atom is -0.486 e. The lowest BCUT2D eigenvalue weighted by atomic mass is 10.1. The first-order valence-electron chi connectivity index (χ1n) is 6.83. The molecule has 1 saturated heterocycles. The Morgan fingerprint density at radius 3 is 2.50 bits per heavy atom. The Bertz CT molecular complexity index is 654. The number of rotatable bonds is 2. The lowest BCUT2D eigenvalue weighted by Gasteiger charge is -2.30. The average molecular weight is 369 g/mol. The van der Waals surface area contributed by atoms with Crippen molar-refractivity contribution in [1.82, 2.24) is 4.31 Å². The molecule has 22 heavy (non-hydrogen) atoms. The van der Waals surface area contributed by atoms with Crippen molar-refractivity contribution >= 4 is 34.0 Å². The highest BCUT2D eigenvalue weighted by Gasteiger charge is 2.32. The summed E-state index contributed by atoms with van der Waals surface area (Å²) in [4.78, 5) is 0.0440. The van der Waals surface area contributed by atoms with E-state index in [1.54, 1.807) is 0 Å². The van der Waals surface area contributed by atoms with Crippen LogP contribution in [0.15, 0.2) is 17.0 Å². The van der Waals surface area contributed by atoms with Crippen LogP contribution in [0.1, 0.15) is 12.8 Å². The molecule has 2 heterocycles. The maximum atomic E-state index is 12.7. The van der Waals surface area contributed by atoms with Crippen LogP contribution in [-0.4, -0.2) is 45.1 Å². The molecule has 0 radical (unpaired) electrons. The van der Waals surface area contributed by atoms with Gasteiger partial charge in [0, 0.05) is 31.3 Å². The minimum atomic E-state index is -3.67. The van der Waals surface area contributed by atoms with E-state index in [2.05, 4.69) is 0 Å². The summed E-state index contributed by atoms with van der Waals surface area (Å²) in [6.07, 6.45) is 1.59. The zero-order valence-electron chi connectivity index (χ0n) is 11.8. The van der Waals surface area contributed by atoms with E-state index in [4.69, 9.17) is 26.8 Å². The summed E-state index contributed by atoms with van der Waals surface area (Å²) in [5, 5.41) is 0.137.